The molecule has 30 heavy (non-hydrogen) atoms. The zero-order chi connectivity index (χ0) is 22.3. The van der Waals surface area contributed by atoms with Gasteiger partial charge in [0.1, 0.15) is 0 Å². The third-order valence-corrected chi connectivity index (χ3v) is 3.99. The number of carbonyl (C=O) groups is 2. The number of hydrogen-bond acceptors (Lipinski definition) is 5. The maximum Gasteiger partial charge on any atom is 0.416 e. The van der Waals surface area contributed by atoms with Crippen LogP contribution in [0.2, 0.25) is 5.02 Å². The molecule has 0 aliphatic heterocycles. The van der Waals surface area contributed by atoms with Crippen molar-refractivity contribution in [2.45, 2.75) is 6.18 Å². The molecule has 2 rings (SSSR count). The summed E-state index contributed by atoms with van der Waals surface area (Å²) < 4.78 is 52.6. The second kappa shape index (κ2) is 10.0. The largest absolute Gasteiger partial charge is 0.493 e. The molecule has 2 aromatic carbocycles. The van der Waals surface area contributed by atoms with E-state index in [1.165, 1.54) is 20.3 Å². The highest BCUT2D eigenvalue weighted by Gasteiger charge is 2.30. The van der Waals surface area contributed by atoms with E-state index in [1.807, 2.05) is 0 Å². The Hall–Kier alpha value is -3.20. The third-order valence-electron chi connectivity index (χ3n) is 3.71. The molecule has 0 aliphatic carbocycles. The highest BCUT2D eigenvalue weighted by molar-refractivity contribution is 6.32. The summed E-state index contributed by atoms with van der Waals surface area (Å²) in [5, 5.41) is 2.61. The number of carbonyl (C=O) groups excluding carboxylic acids is 2. The van der Waals surface area contributed by atoms with Gasteiger partial charge in [-0.1, -0.05) is 11.6 Å². The number of amides is 1. The highest BCUT2D eigenvalue weighted by atomic mass is 35.5. The van der Waals surface area contributed by atoms with Crippen LogP contribution in [-0.4, -0.2) is 32.7 Å². The number of rotatable bonds is 7. The van der Waals surface area contributed by atoms with E-state index in [-0.39, 0.29) is 10.7 Å². The second-order valence-electron chi connectivity index (χ2n) is 5.80. The number of benzene rings is 2. The number of nitrogens with one attached hydrogen (secondary N) is 1. The van der Waals surface area contributed by atoms with Crippen LogP contribution in [0.5, 0.6) is 11.5 Å². The van der Waals surface area contributed by atoms with Gasteiger partial charge in [0.15, 0.2) is 18.1 Å². The van der Waals surface area contributed by atoms with Gasteiger partial charge >= 0.3 is 12.1 Å². The standard InChI is InChI=1S/C20H17ClF3NO5/c1-28-16-10-12(9-15(21)19(16)29-2)3-8-18(27)30-11-17(26)25-14-6-4-13(5-7-14)20(22,23)24/h3-10H,11H2,1-2H3,(H,25,26)/b8-3+. The lowest BCUT2D eigenvalue weighted by atomic mass is 10.2. The second-order valence-corrected chi connectivity index (χ2v) is 6.21. The van der Waals surface area contributed by atoms with Crippen molar-refractivity contribution in [2.75, 3.05) is 26.1 Å². The predicted molar refractivity (Wildman–Crippen MR) is 105 cm³/mol. The summed E-state index contributed by atoms with van der Waals surface area (Å²) in [7, 11) is 2.87. The first-order valence-electron chi connectivity index (χ1n) is 8.37. The van der Waals surface area contributed by atoms with Crippen LogP contribution < -0.4 is 14.8 Å². The van der Waals surface area contributed by atoms with Crippen molar-refractivity contribution in [2.24, 2.45) is 0 Å². The maximum absolute atomic E-state index is 12.5. The summed E-state index contributed by atoms with van der Waals surface area (Å²) in [5.74, 6) is -0.790. The van der Waals surface area contributed by atoms with Gasteiger partial charge in [-0.25, -0.2) is 4.79 Å². The fourth-order valence-corrected chi connectivity index (χ4v) is 2.62. The molecule has 0 saturated heterocycles. The molecule has 0 spiro atoms. The fraction of sp³-hybridized carbons (Fsp3) is 0.200. The van der Waals surface area contributed by atoms with Gasteiger partial charge in [0.05, 0.1) is 24.8 Å². The van der Waals surface area contributed by atoms with Crippen molar-refractivity contribution in [1.29, 1.82) is 0 Å². The summed E-state index contributed by atoms with van der Waals surface area (Å²) in [6, 6.07) is 7.00. The predicted octanol–water partition coefficient (Wildman–Crippen LogP) is 4.57. The van der Waals surface area contributed by atoms with Crippen LogP contribution >= 0.6 is 11.6 Å². The summed E-state index contributed by atoms with van der Waals surface area (Å²) >= 11 is 6.07. The van der Waals surface area contributed by atoms with Gasteiger partial charge in [-0.2, -0.15) is 13.2 Å². The Balaban J connectivity index is 1.90. The van der Waals surface area contributed by atoms with E-state index in [0.29, 0.717) is 17.1 Å². The lowest BCUT2D eigenvalue weighted by Gasteiger charge is -2.10. The van der Waals surface area contributed by atoms with Crippen LogP contribution in [0.25, 0.3) is 6.08 Å². The minimum atomic E-state index is -4.47. The van der Waals surface area contributed by atoms with Gasteiger partial charge in [0.2, 0.25) is 0 Å². The normalized spacial score (nSPS) is 11.3. The molecule has 1 N–H and O–H groups in total. The first-order valence-corrected chi connectivity index (χ1v) is 8.75. The average Bonchev–Trinajstić information content (AvgIpc) is 2.70. The first-order chi connectivity index (χ1) is 14.1. The number of methoxy groups -OCH3 is 2. The molecule has 0 saturated carbocycles. The van der Waals surface area contributed by atoms with Gasteiger partial charge in [-0.15, -0.1) is 0 Å². The van der Waals surface area contributed by atoms with E-state index in [2.05, 4.69) is 5.32 Å². The summed E-state index contributed by atoms with van der Waals surface area (Å²) in [5.41, 5.74) is -0.171. The Morgan fingerprint density at radius 3 is 2.33 bits per heavy atom. The maximum atomic E-state index is 12.5. The number of alkyl halides is 3. The molecule has 0 aromatic heterocycles. The molecule has 0 heterocycles. The molecule has 160 valence electrons. The van der Waals surface area contributed by atoms with Crippen LogP contribution in [0.4, 0.5) is 18.9 Å². The molecule has 0 aliphatic rings. The number of hydrogen-bond donors (Lipinski definition) is 1. The molecular weight excluding hydrogens is 427 g/mol. The zero-order valence-corrected chi connectivity index (χ0v) is 16.6. The van der Waals surface area contributed by atoms with E-state index in [0.717, 1.165) is 30.3 Å². The Morgan fingerprint density at radius 1 is 1.10 bits per heavy atom. The van der Waals surface area contributed by atoms with E-state index in [1.54, 1.807) is 12.1 Å². The minimum Gasteiger partial charge on any atom is -0.493 e. The van der Waals surface area contributed by atoms with Gasteiger partial charge in [0, 0.05) is 11.8 Å². The molecular formula is C20H17ClF3NO5. The van der Waals surface area contributed by atoms with Gasteiger partial charge in [0.25, 0.3) is 5.91 Å². The Morgan fingerprint density at radius 2 is 1.77 bits per heavy atom. The Bertz CT molecular complexity index is 943. The number of anilines is 1. The van der Waals surface area contributed by atoms with Crippen LogP contribution in [0.3, 0.4) is 0 Å². The minimum absolute atomic E-state index is 0.138. The fourth-order valence-electron chi connectivity index (χ4n) is 2.32. The smallest absolute Gasteiger partial charge is 0.416 e. The quantitative estimate of drug-likeness (QED) is 0.501. The molecule has 0 fully saturated rings. The Kier molecular flexibility index (Phi) is 7.71. The highest BCUT2D eigenvalue weighted by Crippen LogP contribution is 2.36. The monoisotopic (exact) mass is 443 g/mol. The molecule has 0 unspecified atom stereocenters. The topological polar surface area (TPSA) is 73.9 Å². The molecule has 6 nitrogen and oxygen atoms in total. The molecule has 1 amide bonds. The van der Waals surface area contributed by atoms with E-state index >= 15 is 0 Å². The molecule has 0 bridgehead atoms. The number of ether oxygens (including phenoxy) is 3. The summed E-state index contributed by atoms with van der Waals surface area (Å²) in [4.78, 5) is 23.6. The molecule has 0 radical (unpaired) electrons. The van der Waals surface area contributed by atoms with Crippen LogP contribution in [0.15, 0.2) is 42.5 Å². The molecule has 2 aromatic rings. The van der Waals surface area contributed by atoms with Gasteiger partial charge in [-0.3, -0.25) is 4.79 Å². The Labute approximate surface area is 175 Å². The summed E-state index contributed by atoms with van der Waals surface area (Å²) in [6.45, 7) is -0.614. The molecule has 10 heteroatoms. The zero-order valence-electron chi connectivity index (χ0n) is 15.9. The van der Waals surface area contributed by atoms with Gasteiger partial charge < -0.3 is 19.5 Å². The van der Waals surface area contributed by atoms with E-state index in [9.17, 15) is 22.8 Å². The van der Waals surface area contributed by atoms with Gasteiger partial charge in [-0.05, 0) is 48.0 Å². The average molecular weight is 444 g/mol. The first kappa shape index (κ1) is 23.1. The lowest BCUT2D eigenvalue weighted by Crippen LogP contribution is -2.20. The molecule has 0 atom stereocenters. The van der Waals surface area contributed by atoms with Crippen molar-refractivity contribution < 1.29 is 37.0 Å². The van der Waals surface area contributed by atoms with Crippen molar-refractivity contribution in [1.82, 2.24) is 0 Å². The summed E-state index contributed by atoms with van der Waals surface area (Å²) in [6.07, 6.45) is -1.98. The third kappa shape index (κ3) is 6.41. The van der Waals surface area contributed by atoms with Crippen molar-refractivity contribution >= 4 is 35.2 Å². The van der Waals surface area contributed by atoms with Crippen LogP contribution in [0.1, 0.15) is 11.1 Å². The van der Waals surface area contributed by atoms with Crippen molar-refractivity contribution in [3.63, 3.8) is 0 Å². The SMILES string of the molecule is COc1cc(/C=C/C(=O)OCC(=O)Nc2ccc(C(F)(F)F)cc2)cc(Cl)c1OC. The van der Waals surface area contributed by atoms with E-state index < -0.39 is 30.2 Å². The van der Waals surface area contributed by atoms with Crippen LogP contribution in [0, 0.1) is 0 Å². The number of halogens is 4. The van der Waals surface area contributed by atoms with Crippen molar-refractivity contribution in [3.05, 3.63) is 58.6 Å². The lowest BCUT2D eigenvalue weighted by molar-refractivity contribution is -0.142. The number of esters is 1. The van der Waals surface area contributed by atoms with Crippen LogP contribution in [-0.2, 0) is 20.5 Å². The van der Waals surface area contributed by atoms with E-state index in [4.69, 9.17) is 25.8 Å². The van der Waals surface area contributed by atoms with Crippen molar-refractivity contribution in [3.8, 4) is 11.5 Å².